The monoisotopic (exact) mass is 712 g/mol. The molecule has 0 aliphatic rings. The first-order valence-electron chi connectivity index (χ1n) is 13.8. The standard InChI is InChI=1S/C15H16O2.C12H8Cl2O2S.C6H15ClO3Si/c1-15(2,11-3-7-13(16)8-4-11)12-5-9-14(17)10-6-12;13-9-1-5-11(6-2-9)17(15,16)12-7-3-10(14)4-8-12;1-8-11(9-2,10-3)6-4-5-7/h3-10,16-17H,1-2H3;1-8H;4-6H2,1-3H3. The molecule has 0 bridgehead atoms. The lowest BCUT2D eigenvalue weighted by atomic mass is 9.78. The van der Waals surface area contributed by atoms with E-state index in [2.05, 4.69) is 13.8 Å². The van der Waals surface area contributed by atoms with Crippen LogP contribution in [0.5, 0.6) is 11.5 Å². The van der Waals surface area contributed by atoms with Gasteiger partial charge in [-0.3, -0.25) is 0 Å². The molecule has 7 nitrogen and oxygen atoms in total. The summed E-state index contributed by atoms with van der Waals surface area (Å²) in [5.74, 6) is 1.16. The molecule has 0 aliphatic carbocycles. The maximum atomic E-state index is 12.2. The smallest absolute Gasteiger partial charge is 0.500 e. The van der Waals surface area contributed by atoms with Gasteiger partial charge in [0.15, 0.2) is 0 Å². The van der Waals surface area contributed by atoms with Crippen molar-refractivity contribution in [3.63, 3.8) is 0 Å². The Hall–Kier alpha value is -2.60. The van der Waals surface area contributed by atoms with E-state index in [4.69, 9.17) is 48.1 Å². The minimum atomic E-state index is -3.49. The minimum absolute atomic E-state index is 0.151. The van der Waals surface area contributed by atoms with Crippen LogP contribution < -0.4 is 0 Å². The Morgan fingerprint density at radius 2 is 0.978 bits per heavy atom. The number of sulfone groups is 1. The normalized spacial score (nSPS) is 11.6. The molecule has 4 rings (SSSR count). The van der Waals surface area contributed by atoms with Gasteiger partial charge in [-0.15, -0.1) is 11.6 Å². The number of rotatable bonds is 10. The Bertz CT molecular complexity index is 1440. The zero-order valence-corrected chi connectivity index (χ0v) is 29.9. The number of hydrogen-bond acceptors (Lipinski definition) is 7. The van der Waals surface area contributed by atoms with Crippen LogP contribution in [0, 0.1) is 0 Å². The number of hydrogen-bond donors (Lipinski definition) is 2. The van der Waals surface area contributed by atoms with Gasteiger partial charge in [-0.2, -0.15) is 0 Å². The topological polar surface area (TPSA) is 102 Å². The van der Waals surface area contributed by atoms with E-state index in [9.17, 15) is 18.6 Å². The Morgan fingerprint density at radius 3 is 1.27 bits per heavy atom. The van der Waals surface area contributed by atoms with Gasteiger partial charge in [0.1, 0.15) is 11.5 Å². The SMILES string of the molecule is CC(C)(c1ccc(O)cc1)c1ccc(O)cc1.CO[Si](CCCCl)(OC)OC.O=S(=O)(c1ccc(Cl)cc1)c1ccc(Cl)cc1. The molecular weight excluding hydrogens is 675 g/mol. The zero-order valence-electron chi connectivity index (χ0n) is 25.8. The summed E-state index contributed by atoms with van der Waals surface area (Å²) < 4.78 is 39.9. The first-order chi connectivity index (χ1) is 21.2. The average molecular weight is 714 g/mol. The second-order valence-corrected chi connectivity index (χ2v) is 16.5. The molecule has 0 amide bonds. The third kappa shape index (κ3) is 11.3. The second-order valence-electron chi connectivity index (χ2n) is 10.2. The molecule has 0 fully saturated rings. The van der Waals surface area contributed by atoms with Crippen LogP contribution in [0.25, 0.3) is 0 Å². The minimum Gasteiger partial charge on any atom is -0.508 e. The highest BCUT2D eigenvalue weighted by Gasteiger charge is 2.36. The van der Waals surface area contributed by atoms with Crippen LogP contribution in [-0.4, -0.2) is 54.6 Å². The molecule has 0 aliphatic heterocycles. The Morgan fingerprint density at radius 1 is 0.644 bits per heavy atom. The predicted molar refractivity (Wildman–Crippen MR) is 184 cm³/mol. The number of alkyl halides is 1. The van der Waals surface area contributed by atoms with Crippen LogP contribution >= 0.6 is 34.8 Å². The molecule has 0 atom stereocenters. The highest BCUT2D eigenvalue weighted by atomic mass is 35.5. The van der Waals surface area contributed by atoms with Crippen molar-refractivity contribution in [3.05, 3.63) is 118 Å². The summed E-state index contributed by atoms with van der Waals surface area (Å²) in [6.07, 6.45) is 0.864. The summed E-state index contributed by atoms with van der Waals surface area (Å²) in [5.41, 5.74) is 2.10. The van der Waals surface area contributed by atoms with Crippen LogP contribution in [0.4, 0.5) is 0 Å². The van der Waals surface area contributed by atoms with Gasteiger partial charge in [0.25, 0.3) is 0 Å². The summed E-state index contributed by atoms with van der Waals surface area (Å²) in [6, 6.07) is 27.3. The Kier molecular flexibility index (Phi) is 15.4. The number of halogens is 3. The van der Waals surface area contributed by atoms with Gasteiger partial charge in [-0.25, -0.2) is 8.42 Å². The largest absolute Gasteiger partial charge is 0.508 e. The van der Waals surface area contributed by atoms with Gasteiger partial charge in [-0.05, 0) is 90.3 Å². The van der Waals surface area contributed by atoms with Crippen molar-refractivity contribution in [2.75, 3.05) is 27.2 Å². The van der Waals surface area contributed by atoms with Crippen LogP contribution in [0.2, 0.25) is 16.1 Å². The van der Waals surface area contributed by atoms with Crippen molar-refractivity contribution in [2.45, 2.75) is 41.5 Å². The lowest BCUT2D eigenvalue weighted by Gasteiger charge is -2.26. The van der Waals surface area contributed by atoms with E-state index in [1.54, 1.807) is 69.9 Å². The Balaban J connectivity index is 0.000000242. The molecule has 0 heterocycles. The number of phenolic OH excluding ortho intramolecular Hbond substituents is 2. The zero-order chi connectivity index (χ0) is 33.7. The third-order valence-electron chi connectivity index (χ3n) is 6.98. The number of phenols is 2. The van der Waals surface area contributed by atoms with Crippen molar-refractivity contribution in [1.29, 1.82) is 0 Å². The predicted octanol–water partition coefficient (Wildman–Crippen LogP) is 8.74. The van der Waals surface area contributed by atoms with E-state index in [-0.39, 0.29) is 26.7 Å². The van der Waals surface area contributed by atoms with Crippen molar-refractivity contribution in [3.8, 4) is 11.5 Å². The fourth-order valence-corrected chi connectivity index (χ4v) is 7.72. The lowest BCUT2D eigenvalue weighted by molar-refractivity contribution is 0.123. The van der Waals surface area contributed by atoms with Gasteiger partial charge >= 0.3 is 8.80 Å². The van der Waals surface area contributed by atoms with Crippen molar-refractivity contribution in [1.82, 2.24) is 0 Å². The first kappa shape index (κ1) is 38.6. The molecule has 0 radical (unpaired) electrons. The molecule has 0 spiro atoms. The van der Waals surface area contributed by atoms with Crippen molar-refractivity contribution < 1.29 is 31.9 Å². The van der Waals surface area contributed by atoms with Gasteiger partial charge in [0.2, 0.25) is 9.84 Å². The van der Waals surface area contributed by atoms with Crippen LogP contribution in [-0.2, 0) is 28.5 Å². The third-order valence-corrected chi connectivity index (χ3v) is 12.4. The fourth-order valence-electron chi connectivity index (χ4n) is 4.13. The lowest BCUT2D eigenvalue weighted by Crippen LogP contribution is -2.42. The average Bonchev–Trinajstić information content (AvgIpc) is 3.03. The summed E-state index contributed by atoms with van der Waals surface area (Å²) >= 11 is 17.0. The molecule has 0 saturated carbocycles. The highest BCUT2D eigenvalue weighted by Crippen LogP contribution is 2.33. The molecule has 4 aromatic carbocycles. The maximum Gasteiger partial charge on any atom is 0.500 e. The van der Waals surface area contributed by atoms with E-state index < -0.39 is 18.6 Å². The van der Waals surface area contributed by atoms with E-state index in [0.29, 0.717) is 15.9 Å². The number of aromatic hydroxyl groups is 2. The van der Waals surface area contributed by atoms with E-state index in [1.165, 1.54) is 24.3 Å². The molecule has 0 unspecified atom stereocenters. The fraction of sp³-hybridized carbons (Fsp3) is 0.273. The molecule has 0 aromatic heterocycles. The summed E-state index contributed by atoms with van der Waals surface area (Å²) in [4.78, 5) is 0.424. The summed E-state index contributed by atoms with van der Waals surface area (Å²) in [6.45, 7) is 4.23. The van der Waals surface area contributed by atoms with Gasteiger partial charge < -0.3 is 23.5 Å². The van der Waals surface area contributed by atoms with Gasteiger partial charge in [-0.1, -0.05) is 61.3 Å². The van der Waals surface area contributed by atoms with E-state index in [1.807, 2.05) is 24.3 Å². The quantitative estimate of drug-likeness (QED) is 0.125. The van der Waals surface area contributed by atoms with E-state index in [0.717, 1.165) is 23.6 Å². The first-order valence-corrected chi connectivity index (χ1v) is 18.5. The van der Waals surface area contributed by atoms with Gasteiger partial charge in [0.05, 0.1) is 9.79 Å². The summed E-state index contributed by atoms with van der Waals surface area (Å²) in [5, 5.41) is 19.6. The van der Waals surface area contributed by atoms with Crippen LogP contribution in [0.3, 0.4) is 0 Å². The highest BCUT2D eigenvalue weighted by molar-refractivity contribution is 7.91. The maximum absolute atomic E-state index is 12.2. The van der Waals surface area contributed by atoms with Crippen LogP contribution in [0.1, 0.15) is 31.4 Å². The molecule has 0 saturated heterocycles. The van der Waals surface area contributed by atoms with Crippen LogP contribution in [0.15, 0.2) is 107 Å². The van der Waals surface area contributed by atoms with E-state index >= 15 is 0 Å². The molecule has 12 heteroatoms. The summed E-state index contributed by atoms with van der Waals surface area (Å²) in [7, 11) is -0.999. The number of benzene rings is 4. The molecule has 45 heavy (non-hydrogen) atoms. The molecular formula is C33H39Cl3O7SSi. The Labute approximate surface area is 282 Å². The van der Waals surface area contributed by atoms with Gasteiger partial charge in [0, 0.05) is 48.7 Å². The molecule has 4 aromatic rings. The van der Waals surface area contributed by atoms with Crippen molar-refractivity contribution in [2.24, 2.45) is 0 Å². The second kappa shape index (κ2) is 17.9. The molecule has 2 N–H and O–H groups in total. The molecule has 244 valence electrons. The van der Waals surface area contributed by atoms with Crippen molar-refractivity contribution >= 4 is 53.4 Å².